The quantitative estimate of drug-likeness (QED) is 0.199. The van der Waals surface area contributed by atoms with E-state index in [1.165, 1.54) is 5.39 Å². The molecule has 0 saturated carbocycles. The minimum absolute atomic E-state index is 0.740. The first kappa shape index (κ1) is 25.2. The fourth-order valence-corrected chi connectivity index (χ4v) is 6.16. The molecule has 8 aromatic rings. The number of fused-ring (bicyclic) bond motifs is 4. The molecule has 0 amide bonds. The van der Waals surface area contributed by atoms with Crippen LogP contribution in [0.25, 0.3) is 55.0 Å². The summed E-state index contributed by atoms with van der Waals surface area (Å²) >= 11 is 0. The molecule has 0 unspecified atom stereocenters. The van der Waals surface area contributed by atoms with Gasteiger partial charge < -0.3 is 9.32 Å². The fourth-order valence-electron chi connectivity index (χ4n) is 6.16. The second-order valence-corrected chi connectivity index (χ2v) is 10.8. The molecule has 43 heavy (non-hydrogen) atoms. The summed E-state index contributed by atoms with van der Waals surface area (Å²) in [7, 11) is 6.59. The number of hydrogen-bond donors (Lipinski definition) is 0. The highest BCUT2D eigenvalue weighted by molar-refractivity contribution is 6.36. The van der Waals surface area contributed by atoms with Crippen LogP contribution < -0.4 is 10.4 Å². The van der Waals surface area contributed by atoms with Gasteiger partial charge in [0.2, 0.25) is 0 Å². The summed E-state index contributed by atoms with van der Waals surface area (Å²) in [5.41, 5.74) is 9.96. The Morgan fingerprint density at radius 3 is 1.84 bits per heavy atom. The van der Waals surface area contributed by atoms with Crippen molar-refractivity contribution in [1.29, 1.82) is 0 Å². The second-order valence-electron chi connectivity index (χ2n) is 10.8. The van der Waals surface area contributed by atoms with Crippen LogP contribution in [0, 0.1) is 0 Å². The zero-order chi connectivity index (χ0) is 28.8. The number of hydrogen-bond acceptors (Lipinski definition) is 2. The first-order valence-corrected chi connectivity index (χ1v) is 14.5. The summed E-state index contributed by atoms with van der Waals surface area (Å²) in [5.74, 6) is 0. The second kappa shape index (κ2) is 10.4. The van der Waals surface area contributed by atoms with Crippen LogP contribution in [-0.2, 0) is 0 Å². The summed E-state index contributed by atoms with van der Waals surface area (Å²) in [6.07, 6.45) is 0. The van der Waals surface area contributed by atoms with E-state index < -0.39 is 0 Å². The Balaban J connectivity index is 1.45. The third-order valence-electron chi connectivity index (χ3n) is 8.21. The van der Waals surface area contributed by atoms with Crippen molar-refractivity contribution >= 4 is 63.1 Å². The van der Waals surface area contributed by atoms with Gasteiger partial charge in [0.15, 0.2) is 0 Å². The van der Waals surface area contributed by atoms with E-state index in [0.717, 1.165) is 72.1 Å². The lowest BCUT2D eigenvalue weighted by atomic mass is 9.86. The van der Waals surface area contributed by atoms with Gasteiger partial charge in [0.05, 0.1) is 5.69 Å². The Morgan fingerprint density at radius 2 is 1.05 bits per heavy atom. The molecule has 0 aliphatic heterocycles. The standard InChI is InChI=1S/C40H26BNO/c41-37-24-21-30(25-36(37)28-13-5-2-6-14-28)42(31-20-23-35-34-17-9-10-18-38(34)43-39(35)26-31)40-32-16-8-7-15-29(32)19-22-33(40)27-11-3-1-4-12-27/h1-26H. The molecule has 0 N–H and O–H groups in total. The van der Waals surface area contributed by atoms with Crippen LogP contribution in [0.5, 0.6) is 0 Å². The van der Waals surface area contributed by atoms with Gasteiger partial charge in [-0.05, 0) is 52.4 Å². The van der Waals surface area contributed by atoms with E-state index in [0.29, 0.717) is 0 Å². The molecule has 0 spiro atoms. The highest BCUT2D eigenvalue weighted by Crippen LogP contribution is 2.46. The zero-order valence-corrected chi connectivity index (χ0v) is 23.4. The van der Waals surface area contributed by atoms with Gasteiger partial charge in [-0.1, -0.05) is 127 Å². The van der Waals surface area contributed by atoms with Crippen LogP contribution in [0.15, 0.2) is 162 Å². The average Bonchev–Trinajstić information content (AvgIpc) is 3.44. The highest BCUT2D eigenvalue weighted by atomic mass is 16.3. The fraction of sp³-hybridized carbons (Fsp3) is 0. The number of nitrogens with zero attached hydrogens (tertiary/aromatic N) is 1. The summed E-state index contributed by atoms with van der Waals surface area (Å²) in [5, 5.41) is 4.55. The first-order valence-electron chi connectivity index (χ1n) is 14.5. The molecule has 0 saturated heterocycles. The smallest absolute Gasteiger partial charge is 0.137 e. The number of anilines is 3. The highest BCUT2D eigenvalue weighted by Gasteiger charge is 2.22. The van der Waals surface area contributed by atoms with Gasteiger partial charge in [0.1, 0.15) is 19.0 Å². The molecular weight excluding hydrogens is 521 g/mol. The van der Waals surface area contributed by atoms with Crippen LogP contribution in [0.4, 0.5) is 17.1 Å². The molecule has 7 aromatic carbocycles. The lowest BCUT2D eigenvalue weighted by molar-refractivity contribution is 0.669. The van der Waals surface area contributed by atoms with E-state index in [1.807, 2.05) is 36.4 Å². The molecule has 0 aliphatic rings. The molecule has 2 nitrogen and oxygen atoms in total. The van der Waals surface area contributed by atoms with E-state index in [4.69, 9.17) is 12.3 Å². The van der Waals surface area contributed by atoms with Gasteiger partial charge in [0.25, 0.3) is 0 Å². The van der Waals surface area contributed by atoms with E-state index in [-0.39, 0.29) is 0 Å². The van der Waals surface area contributed by atoms with Crippen molar-refractivity contribution < 1.29 is 4.42 Å². The summed E-state index contributed by atoms with van der Waals surface area (Å²) in [6.45, 7) is 0. The van der Waals surface area contributed by atoms with Crippen LogP contribution in [-0.4, -0.2) is 7.85 Å². The molecule has 3 heteroatoms. The molecule has 1 aromatic heterocycles. The molecule has 2 radical (unpaired) electrons. The van der Waals surface area contributed by atoms with E-state index >= 15 is 0 Å². The Labute approximate surface area is 251 Å². The SMILES string of the molecule is [B]c1ccc(N(c2ccc3c(c2)oc2ccccc23)c2c(-c3ccccc3)ccc3ccccc23)cc1-c1ccccc1. The summed E-state index contributed by atoms with van der Waals surface area (Å²) in [6, 6.07) is 55.0. The first-order chi connectivity index (χ1) is 21.2. The molecule has 0 fully saturated rings. The van der Waals surface area contributed by atoms with Crippen molar-refractivity contribution in [2.75, 3.05) is 4.90 Å². The van der Waals surface area contributed by atoms with Crippen molar-refractivity contribution in [3.05, 3.63) is 158 Å². The van der Waals surface area contributed by atoms with Crippen LogP contribution in [0.2, 0.25) is 0 Å². The Hall–Kier alpha value is -5.54. The molecule has 8 rings (SSSR count). The van der Waals surface area contributed by atoms with Gasteiger partial charge in [-0.15, -0.1) is 0 Å². The predicted molar refractivity (Wildman–Crippen MR) is 182 cm³/mol. The zero-order valence-electron chi connectivity index (χ0n) is 23.4. The minimum Gasteiger partial charge on any atom is -0.456 e. The van der Waals surface area contributed by atoms with Crippen LogP contribution in [0.3, 0.4) is 0 Å². The third kappa shape index (κ3) is 4.38. The maximum absolute atomic E-state index is 6.59. The lowest BCUT2D eigenvalue weighted by Gasteiger charge is -2.30. The monoisotopic (exact) mass is 547 g/mol. The maximum atomic E-state index is 6.59. The van der Waals surface area contributed by atoms with Gasteiger partial charge in [-0.3, -0.25) is 0 Å². The third-order valence-corrected chi connectivity index (χ3v) is 8.21. The van der Waals surface area contributed by atoms with Crippen molar-refractivity contribution in [1.82, 2.24) is 0 Å². The molecule has 0 aliphatic carbocycles. The van der Waals surface area contributed by atoms with Crippen molar-refractivity contribution in [3.8, 4) is 22.3 Å². The number of furan rings is 1. The van der Waals surface area contributed by atoms with E-state index in [2.05, 4.69) is 126 Å². The van der Waals surface area contributed by atoms with E-state index in [9.17, 15) is 0 Å². The summed E-state index contributed by atoms with van der Waals surface area (Å²) in [4.78, 5) is 2.35. The molecular formula is C40H26BNO. The Kier molecular flexibility index (Phi) is 6.08. The molecule has 0 atom stereocenters. The number of para-hydroxylation sites is 1. The minimum atomic E-state index is 0.740. The normalized spacial score (nSPS) is 11.3. The average molecular weight is 547 g/mol. The van der Waals surface area contributed by atoms with Crippen LogP contribution in [0.1, 0.15) is 0 Å². The topological polar surface area (TPSA) is 16.4 Å². The Bertz CT molecular complexity index is 2250. The Morgan fingerprint density at radius 1 is 0.442 bits per heavy atom. The van der Waals surface area contributed by atoms with Gasteiger partial charge >= 0.3 is 0 Å². The van der Waals surface area contributed by atoms with Crippen molar-refractivity contribution in [3.63, 3.8) is 0 Å². The largest absolute Gasteiger partial charge is 0.456 e. The predicted octanol–water partition coefficient (Wildman–Crippen LogP) is 10.3. The molecule has 200 valence electrons. The molecule has 1 heterocycles. The van der Waals surface area contributed by atoms with Gasteiger partial charge in [-0.25, -0.2) is 0 Å². The van der Waals surface area contributed by atoms with Crippen molar-refractivity contribution in [2.24, 2.45) is 0 Å². The van der Waals surface area contributed by atoms with Crippen molar-refractivity contribution in [2.45, 2.75) is 0 Å². The van der Waals surface area contributed by atoms with Gasteiger partial charge in [-0.2, -0.15) is 0 Å². The number of benzene rings is 7. The van der Waals surface area contributed by atoms with E-state index in [1.54, 1.807) is 0 Å². The van der Waals surface area contributed by atoms with Gasteiger partial charge in [0, 0.05) is 39.2 Å². The number of rotatable bonds is 5. The van der Waals surface area contributed by atoms with Crippen LogP contribution >= 0.6 is 0 Å². The maximum Gasteiger partial charge on any atom is 0.137 e. The summed E-state index contributed by atoms with van der Waals surface area (Å²) < 4.78 is 6.38. The molecule has 0 bridgehead atoms. The lowest BCUT2D eigenvalue weighted by Crippen LogP contribution is -2.14.